The molecule has 4 nitrogen and oxygen atoms in total. The van der Waals surface area contributed by atoms with E-state index in [1.165, 1.54) is 23.6 Å². The minimum atomic E-state index is -0.667. The number of amides is 1. The van der Waals surface area contributed by atoms with Gasteiger partial charge in [0.25, 0.3) is 5.91 Å². The zero-order valence-electron chi connectivity index (χ0n) is 9.05. The van der Waals surface area contributed by atoms with Gasteiger partial charge in [-0.2, -0.15) is 4.39 Å². The number of hydrogen-bond acceptors (Lipinski definition) is 4. The first-order valence-electron chi connectivity index (χ1n) is 4.98. The van der Waals surface area contributed by atoms with Crippen LogP contribution in [0.15, 0.2) is 29.9 Å². The molecule has 1 unspecified atom stereocenters. The standard InChI is InChI=1S/C11H10FN3OS/c1-7(11-14-4-5-17-11)15-10(16)8-2-3-13-9(12)6-8/h2-7H,1H3,(H,15,16). The first kappa shape index (κ1) is 11.7. The molecule has 2 aromatic rings. The van der Waals surface area contributed by atoms with E-state index in [2.05, 4.69) is 15.3 Å². The summed E-state index contributed by atoms with van der Waals surface area (Å²) in [5.41, 5.74) is 0.251. The Hall–Kier alpha value is -1.82. The number of carbonyl (C=O) groups is 1. The van der Waals surface area contributed by atoms with Crippen LogP contribution in [0.2, 0.25) is 0 Å². The van der Waals surface area contributed by atoms with E-state index >= 15 is 0 Å². The molecular weight excluding hydrogens is 241 g/mol. The van der Waals surface area contributed by atoms with Gasteiger partial charge in [0.2, 0.25) is 5.95 Å². The lowest BCUT2D eigenvalue weighted by Crippen LogP contribution is -2.26. The van der Waals surface area contributed by atoms with Crippen LogP contribution in [-0.4, -0.2) is 15.9 Å². The molecule has 0 saturated heterocycles. The summed E-state index contributed by atoms with van der Waals surface area (Å²) >= 11 is 1.46. The van der Waals surface area contributed by atoms with Gasteiger partial charge in [0, 0.05) is 29.4 Å². The summed E-state index contributed by atoms with van der Waals surface area (Å²) in [7, 11) is 0. The number of rotatable bonds is 3. The van der Waals surface area contributed by atoms with Gasteiger partial charge in [-0.3, -0.25) is 4.79 Å². The first-order valence-corrected chi connectivity index (χ1v) is 5.86. The summed E-state index contributed by atoms with van der Waals surface area (Å²) in [6.45, 7) is 1.83. The number of hydrogen-bond donors (Lipinski definition) is 1. The molecule has 17 heavy (non-hydrogen) atoms. The molecule has 88 valence electrons. The first-order chi connectivity index (χ1) is 8.16. The third-order valence-electron chi connectivity index (χ3n) is 2.16. The van der Waals surface area contributed by atoms with Crippen molar-refractivity contribution >= 4 is 17.2 Å². The summed E-state index contributed by atoms with van der Waals surface area (Å²) in [6, 6.07) is 2.37. The molecule has 2 rings (SSSR count). The fourth-order valence-electron chi connectivity index (χ4n) is 1.33. The van der Waals surface area contributed by atoms with E-state index in [1.807, 2.05) is 12.3 Å². The van der Waals surface area contributed by atoms with E-state index in [1.54, 1.807) is 6.20 Å². The van der Waals surface area contributed by atoms with Crippen molar-refractivity contribution in [2.75, 3.05) is 0 Å². The molecule has 2 aromatic heterocycles. The lowest BCUT2D eigenvalue weighted by Gasteiger charge is -2.10. The lowest BCUT2D eigenvalue weighted by atomic mass is 10.2. The summed E-state index contributed by atoms with van der Waals surface area (Å²) in [4.78, 5) is 19.3. The summed E-state index contributed by atoms with van der Waals surface area (Å²) in [5.74, 6) is -1.01. The topological polar surface area (TPSA) is 54.9 Å². The molecule has 6 heteroatoms. The van der Waals surface area contributed by atoms with Crippen molar-refractivity contribution in [3.05, 3.63) is 46.4 Å². The van der Waals surface area contributed by atoms with Crippen LogP contribution in [0.4, 0.5) is 4.39 Å². The molecule has 2 heterocycles. The quantitative estimate of drug-likeness (QED) is 0.850. The molecule has 1 N–H and O–H groups in total. The van der Waals surface area contributed by atoms with Gasteiger partial charge in [0.05, 0.1) is 6.04 Å². The van der Waals surface area contributed by atoms with E-state index in [4.69, 9.17) is 0 Å². The molecule has 0 bridgehead atoms. The number of thiazole rings is 1. The average Bonchev–Trinajstić information content (AvgIpc) is 2.82. The molecule has 0 aliphatic carbocycles. The maximum Gasteiger partial charge on any atom is 0.252 e. The second kappa shape index (κ2) is 5.01. The van der Waals surface area contributed by atoms with Crippen LogP contribution in [0.25, 0.3) is 0 Å². The van der Waals surface area contributed by atoms with Crippen LogP contribution in [-0.2, 0) is 0 Å². The van der Waals surface area contributed by atoms with Crippen LogP contribution in [0, 0.1) is 5.95 Å². The summed E-state index contributed by atoms with van der Waals surface area (Å²) < 4.78 is 12.8. The number of aromatic nitrogens is 2. The van der Waals surface area contributed by atoms with E-state index in [9.17, 15) is 9.18 Å². The predicted molar refractivity (Wildman–Crippen MR) is 62.2 cm³/mol. The number of nitrogens with zero attached hydrogens (tertiary/aromatic N) is 2. The van der Waals surface area contributed by atoms with E-state index in [0.717, 1.165) is 11.1 Å². The van der Waals surface area contributed by atoms with Crippen molar-refractivity contribution in [1.29, 1.82) is 0 Å². The molecular formula is C11H10FN3OS. The molecule has 0 fully saturated rings. The number of pyridine rings is 1. The van der Waals surface area contributed by atoms with Crippen LogP contribution < -0.4 is 5.32 Å². The Bertz CT molecular complexity index is 515. The predicted octanol–water partition coefficient (Wildman–Crippen LogP) is 2.17. The van der Waals surface area contributed by atoms with Crippen LogP contribution in [0.5, 0.6) is 0 Å². The van der Waals surface area contributed by atoms with E-state index < -0.39 is 5.95 Å². The number of nitrogens with one attached hydrogen (secondary N) is 1. The molecule has 1 atom stereocenters. The minimum Gasteiger partial charge on any atom is -0.343 e. The van der Waals surface area contributed by atoms with Gasteiger partial charge in [-0.05, 0) is 13.0 Å². The fourth-order valence-corrected chi connectivity index (χ4v) is 1.98. The summed E-state index contributed by atoms with van der Waals surface area (Å²) in [6.07, 6.45) is 2.94. The van der Waals surface area contributed by atoms with E-state index in [0.29, 0.717) is 0 Å². The largest absolute Gasteiger partial charge is 0.343 e. The van der Waals surface area contributed by atoms with Crippen LogP contribution >= 0.6 is 11.3 Å². The Balaban J connectivity index is 2.07. The summed E-state index contributed by atoms with van der Waals surface area (Å²) in [5, 5.41) is 5.39. The zero-order valence-corrected chi connectivity index (χ0v) is 9.87. The van der Waals surface area contributed by atoms with Crippen LogP contribution in [0.1, 0.15) is 28.3 Å². The van der Waals surface area contributed by atoms with Crippen molar-refractivity contribution in [3.8, 4) is 0 Å². The normalized spacial score (nSPS) is 12.1. The van der Waals surface area contributed by atoms with Gasteiger partial charge in [-0.1, -0.05) is 0 Å². The SMILES string of the molecule is CC(NC(=O)c1ccnc(F)c1)c1nccs1. The van der Waals surface area contributed by atoms with Gasteiger partial charge < -0.3 is 5.32 Å². The van der Waals surface area contributed by atoms with Gasteiger partial charge in [0.15, 0.2) is 0 Å². The Morgan fingerprint density at radius 3 is 2.94 bits per heavy atom. The van der Waals surface area contributed by atoms with Crippen molar-refractivity contribution in [1.82, 2.24) is 15.3 Å². The van der Waals surface area contributed by atoms with Crippen molar-refractivity contribution < 1.29 is 9.18 Å². The molecule has 0 saturated carbocycles. The van der Waals surface area contributed by atoms with Crippen molar-refractivity contribution in [2.24, 2.45) is 0 Å². The third-order valence-corrected chi connectivity index (χ3v) is 3.12. The highest BCUT2D eigenvalue weighted by Gasteiger charge is 2.13. The van der Waals surface area contributed by atoms with Crippen molar-refractivity contribution in [3.63, 3.8) is 0 Å². The second-order valence-electron chi connectivity index (χ2n) is 3.43. The lowest BCUT2D eigenvalue weighted by molar-refractivity contribution is 0.0939. The Morgan fingerprint density at radius 2 is 2.29 bits per heavy atom. The maximum atomic E-state index is 12.8. The van der Waals surface area contributed by atoms with Gasteiger partial charge in [-0.15, -0.1) is 11.3 Å². The molecule has 0 aliphatic rings. The number of carbonyl (C=O) groups excluding carboxylic acids is 1. The Labute approximate surface area is 102 Å². The van der Waals surface area contributed by atoms with Gasteiger partial charge >= 0.3 is 0 Å². The monoisotopic (exact) mass is 251 g/mol. The zero-order chi connectivity index (χ0) is 12.3. The average molecular weight is 251 g/mol. The highest BCUT2D eigenvalue weighted by Crippen LogP contribution is 2.15. The molecule has 0 spiro atoms. The van der Waals surface area contributed by atoms with Gasteiger partial charge in [-0.25, -0.2) is 9.97 Å². The highest BCUT2D eigenvalue weighted by molar-refractivity contribution is 7.09. The molecule has 0 radical (unpaired) electrons. The van der Waals surface area contributed by atoms with Crippen molar-refractivity contribution in [2.45, 2.75) is 13.0 Å². The Morgan fingerprint density at radius 1 is 1.47 bits per heavy atom. The van der Waals surface area contributed by atoms with Crippen LogP contribution in [0.3, 0.4) is 0 Å². The van der Waals surface area contributed by atoms with Gasteiger partial charge in [0.1, 0.15) is 5.01 Å². The molecule has 0 aromatic carbocycles. The second-order valence-corrected chi connectivity index (χ2v) is 4.36. The molecule has 1 amide bonds. The third kappa shape index (κ3) is 2.85. The minimum absolute atomic E-state index is 0.196. The molecule has 0 aliphatic heterocycles. The number of halogens is 1. The Kier molecular flexibility index (Phi) is 3.43. The highest BCUT2D eigenvalue weighted by atomic mass is 32.1. The maximum absolute atomic E-state index is 12.8. The fraction of sp³-hybridized carbons (Fsp3) is 0.182. The smallest absolute Gasteiger partial charge is 0.252 e. The van der Waals surface area contributed by atoms with E-state index in [-0.39, 0.29) is 17.5 Å².